The fourth-order valence-corrected chi connectivity index (χ4v) is 4.35. The second kappa shape index (κ2) is 10.2. The quantitative estimate of drug-likeness (QED) is 0.646. The van der Waals surface area contributed by atoms with Crippen LogP contribution in [0.25, 0.3) is 0 Å². The Bertz CT molecular complexity index is 1060. The maximum Gasteiger partial charge on any atom is 0.254 e. The minimum atomic E-state index is -0.496. The molecule has 2 aliphatic rings. The first-order valence-electron chi connectivity index (χ1n) is 11.4. The Morgan fingerprint density at radius 1 is 1.27 bits per heavy atom. The first kappa shape index (κ1) is 23.0. The number of nitrogens with zero attached hydrogens (tertiary/aromatic N) is 3. The largest absolute Gasteiger partial charge is 0.352 e. The number of fused-ring (bicyclic) bond motifs is 1. The topological polar surface area (TPSA) is 91.3 Å². The summed E-state index contributed by atoms with van der Waals surface area (Å²) in [6.45, 7) is 4.65. The van der Waals surface area contributed by atoms with Gasteiger partial charge in [-0.05, 0) is 50.9 Å². The lowest BCUT2D eigenvalue weighted by Gasteiger charge is -2.22. The van der Waals surface area contributed by atoms with E-state index in [1.165, 1.54) is 6.07 Å². The standard InChI is InChI=1S/C24H31FN6O2/c1-3-20-15-31(14-19-13-28-30(2)23(19)29-20)24(33)17-4-5-18(21(25)11-17)12-27-22(32)10-16-6-8-26-9-7-16/h3-5,11,13,16,26,29H,6-10,12,14-15H2,1-2H3,(H,27,32)/b20-3+. The monoisotopic (exact) mass is 454 g/mol. The number of carbonyl (C=O) groups is 2. The molecule has 0 spiro atoms. The van der Waals surface area contributed by atoms with Gasteiger partial charge in [-0.1, -0.05) is 12.1 Å². The lowest BCUT2D eigenvalue weighted by Crippen LogP contribution is -2.32. The number of hydrogen-bond acceptors (Lipinski definition) is 5. The third kappa shape index (κ3) is 5.42. The van der Waals surface area contributed by atoms with Crippen molar-refractivity contribution in [2.75, 3.05) is 25.0 Å². The van der Waals surface area contributed by atoms with Crippen LogP contribution in [0.5, 0.6) is 0 Å². The van der Waals surface area contributed by atoms with E-state index in [0.717, 1.165) is 43.0 Å². The molecule has 8 nitrogen and oxygen atoms in total. The van der Waals surface area contributed by atoms with E-state index in [1.54, 1.807) is 27.9 Å². The Labute approximate surface area is 193 Å². The molecule has 2 aromatic rings. The molecule has 1 aromatic heterocycles. The number of rotatable bonds is 5. The summed E-state index contributed by atoms with van der Waals surface area (Å²) in [6.07, 6.45) is 6.09. The summed E-state index contributed by atoms with van der Waals surface area (Å²) in [5.74, 6) is 0.406. The maximum absolute atomic E-state index is 14.8. The lowest BCUT2D eigenvalue weighted by molar-refractivity contribution is -0.122. The Morgan fingerprint density at radius 2 is 2.06 bits per heavy atom. The number of amides is 2. The molecule has 2 aliphatic heterocycles. The van der Waals surface area contributed by atoms with Crippen molar-refractivity contribution in [1.29, 1.82) is 0 Å². The van der Waals surface area contributed by atoms with Gasteiger partial charge in [0.2, 0.25) is 5.91 Å². The fourth-order valence-electron chi connectivity index (χ4n) is 4.35. The van der Waals surface area contributed by atoms with Crippen molar-refractivity contribution in [1.82, 2.24) is 25.3 Å². The second-order valence-corrected chi connectivity index (χ2v) is 8.72. The Balaban J connectivity index is 1.40. The van der Waals surface area contributed by atoms with E-state index in [-0.39, 0.29) is 23.9 Å². The molecule has 0 bridgehead atoms. The Kier molecular flexibility index (Phi) is 7.08. The van der Waals surface area contributed by atoms with Crippen molar-refractivity contribution in [2.24, 2.45) is 13.0 Å². The minimum Gasteiger partial charge on any atom is -0.352 e. The van der Waals surface area contributed by atoms with Crippen LogP contribution in [0.15, 0.2) is 36.2 Å². The van der Waals surface area contributed by atoms with Crippen LogP contribution in [0.2, 0.25) is 0 Å². The van der Waals surface area contributed by atoms with E-state index in [4.69, 9.17) is 0 Å². The van der Waals surface area contributed by atoms with Crippen molar-refractivity contribution in [3.8, 4) is 0 Å². The van der Waals surface area contributed by atoms with Crippen molar-refractivity contribution >= 4 is 17.6 Å². The average Bonchev–Trinajstić information content (AvgIpc) is 3.04. The molecule has 33 heavy (non-hydrogen) atoms. The van der Waals surface area contributed by atoms with Gasteiger partial charge in [-0.2, -0.15) is 5.10 Å². The number of anilines is 1. The van der Waals surface area contributed by atoms with Crippen molar-refractivity contribution in [2.45, 2.75) is 39.3 Å². The molecule has 0 radical (unpaired) electrons. The lowest BCUT2D eigenvalue weighted by atomic mass is 9.94. The van der Waals surface area contributed by atoms with E-state index in [9.17, 15) is 14.0 Å². The summed E-state index contributed by atoms with van der Waals surface area (Å²) in [6, 6.07) is 4.46. The highest BCUT2D eigenvalue weighted by Gasteiger charge is 2.25. The van der Waals surface area contributed by atoms with Gasteiger partial charge in [0.1, 0.15) is 11.6 Å². The highest BCUT2D eigenvalue weighted by molar-refractivity contribution is 5.94. The van der Waals surface area contributed by atoms with Gasteiger partial charge in [0.25, 0.3) is 5.91 Å². The van der Waals surface area contributed by atoms with Gasteiger partial charge in [0.15, 0.2) is 0 Å². The minimum absolute atomic E-state index is 0.0651. The van der Waals surface area contributed by atoms with Gasteiger partial charge >= 0.3 is 0 Å². The van der Waals surface area contributed by atoms with Crippen molar-refractivity contribution in [3.05, 3.63) is 58.7 Å². The number of allylic oxidation sites excluding steroid dienone is 1. The van der Waals surface area contributed by atoms with Crippen LogP contribution in [0.1, 0.15) is 47.7 Å². The zero-order chi connectivity index (χ0) is 23.4. The summed E-state index contributed by atoms with van der Waals surface area (Å²) in [5.41, 5.74) is 2.42. The van der Waals surface area contributed by atoms with Crippen LogP contribution in [0, 0.1) is 11.7 Å². The van der Waals surface area contributed by atoms with Crippen LogP contribution in [-0.4, -0.2) is 46.1 Å². The molecule has 9 heteroatoms. The molecule has 3 heterocycles. The fraction of sp³-hybridized carbons (Fsp3) is 0.458. The van der Waals surface area contributed by atoms with Gasteiger partial charge in [-0.25, -0.2) is 4.39 Å². The highest BCUT2D eigenvalue weighted by atomic mass is 19.1. The maximum atomic E-state index is 14.8. The van der Waals surface area contributed by atoms with Crippen molar-refractivity contribution in [3.63, 3.8) is 0 Å². The third-order valence-corrected chi connectivity index (χ3v) is 6.36. The smallest absolute Gasteiger partial charge is 0.254 e. The zero-order valence-electron chi connectivity index (χ0n) is 19.2. The number of benzene rings is 1. The molecule has 1 saturated heterocycles. The van der Waals surface area contributed by atoms with Gasteiger partial charge < -0.3 is 20.9 Å². The zero-order valence-corrected chi connectivity index (χ0v) is 19.2. The van der Waals surface area contributed by atoms with E-state index in [2.05, 4.69) is 21.0 Å². The number of aromatic nitrogens is 2. The van der Waals surface area contributed by atoms with Crippen LogP contribution >= 0.6 is 0 Å². The molecule has 4 rings (SSSR count). The second-order valence-electron chi connectivity index (χ2n) is 8.72. The molecule has 1 aromatic carbocycles. The summed E-state index contributed by atoms with van der Waals surface area (Å²) in [7, 11) is 1.84. The van der Waals surface area contributed by atoms with Crippen molar-refractivity contribution < 1.29 is 14.0 Å². The predicted molar refractivity (Wildman–Crippen MR) is 124 cm³/mol. The number of carbonyl (C=O) groups excluding carboxylic acids is 2. The molecule has 0 saturated carbocycles. The van der Waals surface area contributed by atoms with Gasteiger partial charge in [0.05, 0.1) is 19.3 Å². The van der Waals surface area contributed by atoms with Crippen LogP contribution in [0.4, 0.5) is 10.2 Å². The average molecular weight is 455 g/mol. The highest BCUT2D eigenvalue weighted by Crippen LogP contribution is 2.24. The van der Waals surface area contributed by atoms with Crippen LogP contribution < -0.4 is 16.0 Å². The molecule has 176 valence electrons. The summed E-state index contributed by atoms with van der Waals surface area (Å²) < 4.78 is 16.5. The summed E-state index contributed by atoms with van der Waals surface area (Å²) in [4.78, 5) is 27.1. The molecular formula is C24H31FN6O2. The first-order chi connectivity index (χ1) is 15.9. The summed E-state index contributed by atoms with van der Waals surface area (Å²) >= 11 is 0. The third-order valence-electron chi connectivity index (χ3n) is 6.36. The molecule has 1 fully saturated rings. The van der Waals surface area contributed by atoms with Crippen LogP contribution in [-0.2, 0) is 24.9 Å². The van der Waals surface area contributed by atoms with E-state index >= 15 is 0 Å². The number of aryl methyl sites for hydroxylation is 1. The van der Waals surface area contributed by atoms with Gasteiger partial charge in [-0.15, -0.1) is 0 Å². The number of halogens is 1. The molecular weight excluding hydrogens is 423 g/mol. The van der Waals surface area contributed by atoms with Gasteiger partial charge in [0, 0.05) is 42.4 Å². The van der Waals surface area contributed by atoms with Gasteiger partial charge in [-0.3, -0.25) is 14.3 Å². The summed E-state index contributed by atoms with van der Waals surface area (Å²) in [5, 5.41) is 13.7. The normalized spacial score (nSPS) is 17.9. The Morgan fingerprint density at radius 3 is 2.79 bits per heavy atom. The SMILES string of the molecule is C/C=C1\CN(C(=O)c2ccc(CNC(=O)CC3CCNCC3)c(F)c2)Cc2cnn(C)c2N1. The molecule has 0 unspecified atom stereocenters. The number of hydrogen-bond donors (Lipinski definition) is 3. The van der Waals surface area contributed by atoms with E-state index in [1.807, 2.05) is 20.0 Å². The molecule has 3 N–H and O–H groups in total. The predicted octanol–water partition coefficient (Wildman–Crippen LogP) is 2.54. The molecule has 0 atom stereocenters. The molecule has 2 amide bonds. The Hall–Kier alpha value is -3.20. The number of piperidine rings is 1. The van der Waals surface area contributed by atoms with E-state index < -0.39 is 5.82 Å². The number of nitrogens with one attached hydrogen (secondary N) is 3. The molecule has 0 aliphatic carbocycles. The first-order valence-corrected chi connectivity index (χ1v) is 11.4. The van der Waals surface area contributed by atoms with Crippen LogP contribution in [0.3, 0.4) is 0 Å². The van der Waals surface area contributed by atoms with E-state index in [0.29, 0.717) is 31.0 Å².